The van der Waals surface area contributed by atoms with Crippen LogP contribution in [0.3, 0.4) is 0 Å². The van der Waals surface area contributed by atoms with Gasteiger partial charge in [-0.25, -0.2) is 9.98 Å². The van der Waals surface area contributed by atoms with Crippen molar-refractivity contribution in [2.45, 2.75) is 0 Å². The van der Waals surface area contributed by atoms with Crippen molar-refractivity contribution < 1.29 is 9.59 Å². The van der Waals surface area contributed by atoms with Gasteiger partial charge in [0.15, 0.2) is 0 Å². The van der Waals surface area contributed by atoms with Crippen molar-refractivity contribution in [3.05, 3.63) is 107 Å². The van der Waals surface area contributed by atoms with Crippen LogP contribution in [-0.2, 0) is 9.59 Å². The van der Waals surface area contributed by atoms with Crippen LogP contribution in [0.15, 0.2) is 106 Å². The molecule has 1 aliphatic rings. The molecule has 5 heteroatoms. The molecule has 2 aromatic rings. The number of benzene rings is 2. The van der Waals surface area contributed by atoms with Crippen LogP contribution in [0.2, 0.25) is 0 Å². The van der Waals surface area contributed by atoms with Gasteiger partial charge in [0.1, 0.15) is 0 Å². The smallest absolute Gasteiger partial charge is 0.267 e. The van der Waals surface area contributed by atoms with E-state index in [1.54, 1.807) is 24.3 Å². The molecule has 2 aromatic carbocycles. The highest BCUT2D eigenvalue weighted by atomic mass is 35.5. The van der Waals surface area contributed by atoms with Crippen molar-refractivity contribution in [1.29, 1.82) is 0 Å². The first-order chi connectivity index (χ1) is 14.1. The highest BCUT2D eigenvalue weighted by molar-refractivity contribution is 6.49. The largest absolute Gasteiger partial charge is 0.270 e. The van der Waals surface area contributed by atoms with Crippen LogP contribution in [0.5, 0.6) is 0 Å². The zero-order chi connectivity index (χ0) is 20.5. The predicted octanol–water partition coefficient (Wildman–Crippen LogP) is 5.04. The third-order valence-corrected chi connectivity index (χ3v) is 4.14. The van der Waals surface area contributed by atoms with Crippen LogP contribution in [0.25, 0.3) is 12.2 Å². The number of halogens is 1. The Morgan fingerprint density at radius 3 is 1.76 bits per heavy atom. The van der Waals surface area contributed by atoms with Gasteiger partial charge >= 0.3 is 0 Å². The van der Waals surface area contributed by atoms with Crippen LogP contribution in [0, 0.1) is 0 Å². The van der Waals surface area contributed by atoms with E-state index in [1.807, 2.05) is 60.7 Å². The highest BCUT2D eigenvalue weighted by Gasteiger charge is 2.10. The van der Waals surface area contributed by atoms with Crippen molar-refractivity contribution in [3.8, 4) is 0 Å². The van der Waals surface area contributed by atoms with Gasteiger partial charge in [0.05, 0.1) is 16.5 Å². The van der Waals surface area contributed by atoms with E-state index >= 15 is 0 Å². The molecule has 0 N–H and O–H groups in total. The lowest BCUT2D eigenvalue weighted by Gasteiger charge is -2.05. The number of allylic oxidation sites excluding steroid dienone is 4. The van der Waals surface area contributed by atoms with E-state index in [0.29, 0.717) is 11.4 Å². The number of amides is 2. The molecule has 0 radical (unpaired) electrons. The topological polar surface area (TPSA) is 58.9 Å². The van der Waals surface area contributed by atoms with E-state index in [-0.39, 0.29) is 5.03 Å². The van der Waals surface area contributed by atoms with Gasteiger partial charge in [0, 0.05) is 12.2 Å². The second-order valence-corrected chi connectivity index (χ2v) is 6.43. The van der Waals surface area contributed by atoms with Crippen LogP contribution in [0.4, 0.5) is 0 Å². The molecule has 0 atom stereocenters. The second kappa shape index (κ2) is 10.1. The quantitative estimate of drug-likeness (QED) is 0.533. The fraction of sp³-hybridized carbons (Fsp3) is 0. The SMILES string of the molecule is O=C(/C=C/c1ccccc1)N=C1C=CC(=NC(=O)/C=C/c2ccccc2)C(Cl)=C1. The normalized spacial score (nSPS) is 16.7. The fourth-order valence-electron chi connectivity index (χ4n) is 2.44. The second-order valence-electron chi connectivity index (χ2n) is 6.02. The lowest BCUT2D eigenvalue weighted by molar-refractivity contribution is -0.114. The molecule has 0 aliphatic heterocycles. The van der Waals surface area contributed by atoms with Gasteiger partial charge in [-0.15, -0.1) is 0 Å². The Labute approximate surface area is 174 Å². The monoisotopic (exact) mass is 400 g/mol. The Kier molecular flexibility index (Phi) is 6.98. The first kappa shape index (κ1) is 20.1. The van der Waals surface area contributed by atoms with Gasteiger partial charge in [-0.2, -0.15) is 0 Å². The highest BCUT2D eigenvalue weighted by Crippen LogP contribution is 2.13. The summed E-state index contributed by atoms with van der Waals surface area (Å²) in [6.07, 6.45) is 10.8. The van der Waals surface area contributed by atoms with Gasteiger partial charge in [0.25, 0.3) is 11.8 Å². The summed E-state index contributed by atoms with van der Waals surface area (Å²) in [6.45, 7) is 0. The zero-order valence-electron chi connectivity index (χ0n) is 15.4. The van der Waals surface area contributed by atoms with Crippen molar-refractivity contribution in [2.24, 2.45) is 9.98 Å². The molecule has 3 rings (SSSR count). The number of carbonyl (C=O) groups is 2. The average Bonchev–Trinajstić information content (AvgIpc) is 2.74. The minimum atomic E-state index is -0.428. The maximum absolute atomic E-state index is 12.0. The third-order valence-electron chi connectivity index (χ3n) is 3.84. The van der Waals surface area contributed by atoms with E-state index in [2.05, 4.69) is 9.98 Å². The average molecular weight is 401 g/mol. The Balaban J connectivity index is 1.65. The maximum Gasteiger partial charge on any atom is 0.270 e. The molecular weight excluding hydrogens is 384 g/mol. The van der Waals surface area contributed by atoms with E-state index in [9.17, 15) is 9.59 Å². The number of aliphatic imine (C=N–C) groups is 2. The summed E-state index contributed by atoms with van der Waals surface area (Å²) in [7, 11) is 0. The van der Waals surface area contributed by atoms with E-state index in [4.69, 9.17) is 11.6 Å². The van der Waals surface area contributed by atoms with E-state index < -0.39 is 11.8 Å². The fourth-order valence-corrected chi connectivity index (χ4v) is 2.66. The van der Waals surface area contributed by atoms with E-state index in [0.717, 1.165) is 11.1 Å². The summed E-state index contributed by atoms with van der Waals surface area (Å²) in [4.78, 5) is 32.0. The molecule has 0 spiro atoms. The van der Waals surface area contributed by atoms with Gasteiger partial charge in [-0.1, -0.05) is 72.3 Å². The van der Waals surface area contributed by atoms with Crippen LogP contribution < -0.4 is 0 Å². The minimum Gasteiger partial charge on any atom is -0.267 e. The standard InChI is InChI=1S/C24H17ClN2O2/c25-21-17-20(26-23(28)15-11-18-7-3-1-4-8-18)13-14-22(21)27-24(29)16-12-19-9-5-2-6-10-19/h1-17H/b15-11+,16-12+,26-20?,27-22?. The lowest BCUT2D eigenvalue weighted by Crippen LogP contribution is -2.08. The lowest BCUT2D eigenvalue weighted by atomic mass is 10.1. The molecule has 0 aromatic heterocycles. The summed E-state index contributed by atoms with van der Waals surface area (Å²) in [5, 5.41) is 0.243. The van der Waals surface area contributed by atoms with Crippen molar-refractivity contribution in [1.82, 2.24) is 0 Å². The van der Waals surface area contributed by atoms with Crippen LogP contribution in [0.1, 0.15) is 11.1 Å². The number of nitrogens with zero attached hydrogens (tertiary/aromatic N) is 2. The summed E-state index contributed by atoms with van der Waals surface area (Å²) in [6, 6.07) is 18.9. The minimum absolute atomic E-state index is 0.243. The maximum atomic E-state index is 12.0. The van der Waals surface area contributed by atoms with Gasteiger partial charge < -0.3 is 0 Å². The third kappa shape index (κ3) is 6.48. The number of hydrogen-bond donors (Lipinski definition) is 0. The predicted molar refractivity (Wildman–Crippen MR) is 119 cm³/mol. The number of hydrogen-bond acceptors (Lipinski definition) is 2. The summed E-state index contributed by atoms with van der Waals surface area (Å²) < 4.78 is 0. The van der Waals surface area contributed by atoms with Crippen molar-refractivity contribution in [3.63, 3.8) is 0 Å². The molecule has 2 amide bonds. The molecule has 0 saturated heterocycles. The molecule has 0 bridgehead atoms. The Hall–Kier alpha value is -3.63. The molecule has 0 fully saturated rings. The number of carbonyl (C=O) groups excluding carboxylic acids is 2. The van der Waals surface area contributed by atoms with Gasteiger partial charge in [0.2, 0.25) is 0 Å². The molecule has 142 valence electrons. The molecule has 0 unspecified atom stereocenters. The molecule has 1 aliphatic carbocycles. The Morgan fingerprint density at radius 1 is 0.724 bits per heavy atom. The molecule has 29 heavy (non-hydrogen) atoms. The summed E-state index contributed by atoms with van der Waals surface area (Å²) >= 11 is 6.19. The molecule has 0 saturated carbocycles. The van der Waals surface area contributed by atoms with Crippen molar-refractivity contribution in [2.75, 3.05) is 0 Å². The van der Waals surface area contributed by atoms with Crippen LogP contribution in [-0.4, -0.2) is 23.2 Å². The number of rotatable bonds is 4. The summed E-state index contributed by atoms with van der Waals surface area (Å²) in [5.41, 5.74) is 2.52. The van der Waals surface area contributed by atoms with Crippen molar-refractivity contribution >= 4 is 47.0 Å². The van der Waals surface area contributed by atoms with Gasteiger partial charge in [-0.05, 0) is 41.5 Å². The zero-order valence-corrected chi connectivity index (χ0v) is 16.2. The first-order valence-corrected chi connectivity index (χ1v) is 9.25. The molecular formula is C24H17ClN2O2. The van der Waals surface area contributed by atoms with Gasteiger partial charge in [-0.3, -0.25) is 9.59 Å². The molecule has 0 heterocycles. The van der Waals surface area contributed by atoms with Crippen LogP contribution >= 0.6 is 11.6 Å². The molecule has 4 nitrogen and oxygen atoms in total. The first-order valence-electron chi connectivity index (χ1n) is 8.87. The Bertz CT molecular complexity index is 1080. The Morgan fingerprint density at radius 2 is 1.24 bits per heavy atom. The summed E-state index contributed by atoms with van der Waals surface area (Å²) in [5.74, 6) is -0.834. The van der Waals surface area contributed by atoms with E-state index in [1.165, 1.54) is 18.2 Å².